The minimum Gasteiger partial charge on any atom is -0.383 e. The van der Waals surface area contributed by atoms with Gasteiger partial charge in [-0.3, -0.25) is 14.4 Å². The highest BCUT2D eigenvalue weighted by molar-refractivity contribution is 8.76. The normalized spacial score (nSPS) is 17.9. The average molecular weight is 522 g/mol. The number of ether oxygens (including phenoxy) is 4. The predicted octanol–water partition coefficient (Wildman–Crippen LogP) is 3.55. The summed E-state index contributed by atoms with van der Waals surface area (Å²) in [7, 11) is 6.85. The topological polar surface area (TPSA) is 91.4 Å². The summed E-state index contributed by atoms with van der Waals surface area (Å²) in [6.45, 7) is 4.91. The van der Waals surface area contributed by atoms with Crippen LogP contribution in [0.2, 0.25) is 0 Å². The molecule has 1 amide bonds. The zero-order valence-corrected chi connectivity index (χ0v) is 22.7. The molecule has 10 heteroatoms. The van der Waals surface area contributed by atoms with Crippen LogP contribution >= 0.6 is 21.6 Å². The van der Waals surface area contributed by atoms with Crippen molar-refractivity contribution in [2.75, 3.05) is 65.3 Å². The molecule has 1 heterocycles. The molecule has 1 aliphatic heterocycles. The molecule has 0 N–H and O–H groups in total. The van der Waals surface area contributed by atoms with Crippen LogP contribution in [0.3, 0.4) is 0 Å². The summed E-state index contributed by atoms with van der Waals surface area (Å²) in [5.74, 6) is 2.39. The van der Waals surface area contributed by atoms with Crippen molar-refractivity contribution < 1.29 is 33.3 Å². The fourth-order valence-corrected chi connectivity index (χ4v) is 5.59. The van der Waals surface area contributed by atoms with Crippen molar-refractivity contribution >= 4 is 39.1 Å². The fraction of sp³-hybridized carbons (Fsp3) is 0.875. The van der Waals surface area contributed by atoms with Crippen LogP contribution < -0.4 is 0 Å². The van der Waals surface area contributed by atoms with Gasteiger partial charge in [0, 0.05) is 58.0 Å². The van der Waals surface area contributed by atoms with Gasteiger partial charge in [-0.2, -0.15) is 0 Å². The Morgan fingerprint density at radius 2 is 1.53 bits per heavy atom. The molecule has 198 valence electrons. The van der Waals surface area contributed by atoms with E-state index in [0.717, 1.165) is 37.2 Å². The molecule has 0 spiro atoms. The third kappa shape index (κ3) is 15.4. The Hall–Kier alpha value is -0.650. The zero-order valence-electron chi connectivity index (χ0n) is 21.1. The van der Waals surface area contributed by atoms with Crippen LogP contribution in [0.15, 0.2) is 0 Å². The molecule has 0 radical (unpaired) electrons. The van der Waals surface area contributed by atoms with Crippen LogP contribution in [0.5, 0.6) is 0 Å². The van der Waals surface area contributed by atoms with Crippen LogP contribution in [-0.4, -0.2) is 99.8 Å². The second kappa shape index (κ2) is 20.5. The Kier molecular flexibility index (Phi) is 19.0. The van der Waals surface area contributed by atoms with Crippen molar-refractivity contribution in [3.05, 3.63) is 0 Å². The molecule has 0 unspecified atom stereocenters. The molecule has 0 aromatic rings. The van der Waals surface area contributed by atoms with E-state index in [1.807, 2.05) is 4.90 Å². The molecule has 0 bridgehead atoms. The van der Waals surface area contributed by atoms with Gasteiger partial charge in [0.25, 0.3) is 0 Å². The van der Waals surface area contributed by atoms with Gasteiger partial charge in [0.2, 0.25) is 5.91 Å². The Labute approximate surface area is 212 Å². The smallest absolute Gasteiger partial charge is 0.222 e. The van der Waals surface area contributed by atoms with Crippen molar-refractivity contribution in [2.45, 2.75) is 70.4 Å². The van der Waals surface area contributed by atoms with Gasteiger partial charge in [0.05, 0.1) is 45.2 Å². The first-order valence-corrected chi connectivity index (χ1v) is 14.7. The number of hydrogen-bond acceptors (Lipinski definition) is 9. The first-order valence-electron chi connectivity index (χ1n) is 12.2. The number of ketones is 2. The second-order valence-electron chi connectivity index (χ2n) is 8.42. The number of amides is 1. The number of methoxy groups -OCH3 is 2. The number of carbonyl (C=O) groups excluding carboxylic acids is 3. The highest BCUT2D eigenvalue weighted by atomic mass is 33.1. The molecule has 0 aliphatic carbocycles. The summed E-state index contributed by atoms with van der Waals surface area (Å²) in [4.78, 5) is 37.3. The molecule has 1 rings (SSSR count). The first kappa shape index (κ1) is 31.4. The Morgan fingerprint density at radius 1 is 0.853 bits per heavy atom. The highest BCUT2D eigenvalue weighted by Gasteiger charge is 2.34. The first-order chi connectivity index (χ1) is 16.5. The lowest BCUT2D eigenvalue weighted by molar-refractivity contribution is -0.133. The van der Waals surface area contributed by atoms with Crippen LogP contribution in [0.1, 0.15) is 58.3 Å². The molecule has 0 aromatic carbocycles. The van der Waals surface area contributed by atoms with E-state index in [1.165, 1.54) is 0 Å². The Morgan fingerprint density at radius 3 is 2.24 bits per heavy atom. The largest absolute Gasteiger partial charge is 0.383 e. The van der Waals surface area contributed by atoms with Crippen molar-refractivity contribution in [2.24, 2.45) is 0 Å². The number of carbonyl (C=O) groups is 3. The van der Waals surface area contributed by atoms with Crippen LogP contribution in [0.4, 0.5) is 0 Å². The van der Waals surface area contributed by atoms with Crippen LogP contribution in [0.25, 0.3) is 0 Å². The standard InChI is InChI=1S/C24H43NO7S2/c1-20(26)10-11-31-12-13-32-14-16-34-33-15-6-8-22(27)7-4-5-9-24(28)25-18-23(30-3)17-21(25)19-29-2/h21,23H,4-19H2,1-3H3/t21-,23+/m1/s1. The molecule has 0 saturated carbocycles. The monoisotopic (exact) mass is 521 g/mol. The van der Waals surface area contributed by atoms with Crippen LogP contribution in [-0.2, 0) is 33.3 Å². The number of nitrogens with zero attached hydrogens (tertiary/aromatic N) is 1. The quantitative estimate of drug-likeness (QED) is 0.157. The van der Waals surface area contributed by atoms with Gasteiger partial charge in [-0.15, -0.1) is 0 Å². The summed E-state index contributed by atoms with van der Waals surface area (Å²) >= 11 is 0. The average Bonchev–Trinajstić information content (AvgIpc) is 3.23. The van der Waals surface area contributed by atoms with Crippen molar-refractivity contribution in [1.29, 1.82) is 0 Å². The molecule has 0 aromatic heterocycles. The minimum absolute atomic E-state index is 0.0817. The number of unbranched alkanes of at least 4 members (excludes halogenated alkanes) is 1. The minimum atomic E-state index is 0.0817. The van der Waals surface area contributed by atoms with Gasteiger partial charge < -0.3 is 23.8 Å². The van der Waals surface area contributed by atoms with Gasteiger partial charge in [-0.1, -0.05) is 21.6 Å². The molecular formula is C24H43NO7S2. The van der Waals surface area contributed by atoms with E-state index in [9.17, 15) is 14.4 Å². The summed E-state index contributed by atoms with van der Waals surface area (Å²) in [5, 5.41) is 0. The molecule has 1 aliphatic rings. The van der Waals surface area contributed by atoms with Gasteiger partial charge in [-0.05, 0) is 32.6 Å². The van der Waals surface area contributed by atoms with E-state index in [0.29, 0.717) is 65.3 Å². The number of rotatable bonds is 22. The maximum atomic E-state index is 12.6. The third-order valence-corrected chi connectivity index (χ3v) is 7.99. The zero-order chi connectivity index (χ0) is 25.0. The van der Waals surface area contributed by atoms with Gasteiger partial charge in [0.1, 0.15) is 11.6 Å². The van der Waals surface area contributed by atoms with Gasteiger partial charge >= 0.3 is 0 Å². The number of hydrogen-bond donors (Lipinski definition) is 0. The molecular weight excluding hydrogens is 478 g/mol. The second-order valence-corrected chi connectivity index (χ2v) is 11.1. The predicted molar refractivity (Wildman–Crippen MR) is 137 cm³/mol. The van der Waals surface area contributed by atoms with Crippen molar-refractivity contribution in [3.8, 4) is 0 Å². The third-order valence-electron chi connectivity index (χ3n) is 5.53. The van der Waals surface area contributed by atoms with E-state index in [2.05, 4.69) is 0 Å². The molecule has 1 fully saturated rings. The summed E-state index contributed by atoms with van der Waals surface area (Å²) < 4.78 is 21.4. The summed E-state index contributed by atoms with van der Waals surface area (Å²) in [6, 6.07) is 0.0867. The van der Waals surface area contributed by atoms with Crippen molar-refractivity contribution in [1.82, 2.24) is 4.90 Å². The van der Waals surface area contributed by atoms with E-state index in [-0.39, 0.29) is 29.6 Å². The Balaban J connectivity index is 1.93. The summed E-state index contributed by atoms with van der Waals surface area (Å²) in [5.41, 5.74) is 0. The van der Waals surface area contributed by atoms with Crippen LogP contribution in [0, 0.1) is 0 Å². The molecule has 2 atom stereocenters. The summed E-state index contributed by atoms with van der Waals surface area (Å²) in [6.07, 6.45) is 5.37. The van der Waals surface area contributed by atoms with Gasteiger partial charge in [0.15, 0.2) is 0 Å². The Bertz CT molecular complexity index is 580. The lowest BCUT2D eigenvalue weighted by Gasteiger charge is -2.23. The SMILES string of the molecule is COC[C@H]1C[C@H](OC)CN1C(=O)CCCCC(=O)CCCSSCCOCCOCCC(C)=O. The highest BCUT2D eigenvalue weighted by Crippen LogP contribution is 2.23. The van der Waals surface area contributed by atoms with E-state index in [1.54, 1.807) is 42.7 Å². The molecule has 34 heavy (non-hydrogen) atoms. The van der Waals surface area contributed by atoms with E-state index < -0.39 is 0 Å². The number of Topliss-reactive ketones (excluding diaryl/α,β-unsaturated/α-hetero) is 2. The van der Waals surface area contributed by atoms with Gasteiger partial charge in [-0.25, -0.2) is 0 Å². The molecule has 1 saturated heterocycles. The molecule has 8 nitrogen and oxygen atoms in total. The lowest BCUT2D eigenvalue weighted by atomic mass is 10.1. The lowest BCUT2D eigenvalue weighted by Crippen LogP contribution is -2.38. The van der Waals surface area contributed by atoms with Crippen molar-refractivity contribution in [3.63, 3.8) is 0 Å². The maximum absolute atomic E-state index is 12.6. The number of likely N-dealkylation sites (tertiary alicyclic amines) is 1. The fourth-order valence-electron chi connectivity index (χ4n) is 3.64. The maximum Gasteiger partial charge on any atom is 0.222 e. The van der Waals surface area contributed by atoms with E-state index >= 15 is 0 Å². The van der Waals surface area contributed by atoms with E-state index in [4.69, 9.17) is 18.9 Å².